The first-order valence-electron chi connectivity index (χ1n) is 7.24. The van der Waals surface area contributed by atoms with Crippen LogP contribution in [-0.4, -0.2) is 61.1 Å². The Morgan fingerprint density at radius 1 is 1.22 bits per heavy atom. The summed E-state index contributed by atoms with van der Waals surface area (Å²) < 4.78 is 5.13. The number of likely N-dealkylation sites (tertiary alicyclic amines) is 2. The summed E-state index contributed by atoms with van der Waals surface area (Å²) in [4.78, 5) is 16.3. The maximum atomic E-state index is 11.7. The van der Waals surface area contributed by atoms with Crippen molar-refractivity contribution in [2.45, 2.75) is 51.1 Å². The van der Waals surface area contributed by atoms with Gasteiger partial charge in [-0.05, 0) is 38.6 Å². The van der Waals surface area contributed by atoms with Gasteiger partial charge in [-0.3, -0.25) is 9.69 Å². The van der Waals surface area contributed by atoms with Crippen LogP contribution in [0.1, 0.15) is 39.0 Å². The van der Waals surface area contributed by atoms with Crippen LogP contribution in [0, 0.1) is 0 Å². The van der Waals surface area contributed by atoms with Crippen molar-refractivity contribution in [3.63, 3.8) is 0 Å². The van der Waals surface area contributed by atoms with Gasteiger partial charge >= 0.3 is 0 Å². The van der Waals surface area contributed by atoms with E-state index in [1.165, 1.54) is 32.2 Å². The predicted molar refractivity (Wildman–Crippen MR) is 71.5 cm³/mol. The highest BCUT2D eigenvalue weighted by molar-refractivity contribution is 5.74. The zero-order valence-corrected chi connectivity index (χ0v) is 11.7. The fraction of sp³-hybridized carbons (Fsp3) is 0.929. The zero-order valence-electron chi connectivity index (χ0n) is 11.7. The average Bonchev–Trinajstić information content (AvgIpc) is 2.96. The quantitative estimate of drug-likeness (QED) is 0.697. The van der Waals surface area contributed by atoms with Gasteiger partial charge in [-0.1, -0.05) is 0 Å². The van der Waals surface area contributed by atoms with Gasteiger partial charge in [-0.2, -0.15) is 0 Å². The Morgan fingerprint density at radius 3 is 2.67 bits per heavy atom. The number of carbonyl (C=O) groups is 1. The summed E-state index contributed by atoms with van der Waals surface area (Å²) in [7, 11) is 1.76. The zero-order chi connectivity index (χ0) is 13.0. The third kappa shape index (κ3) is 3.04. The Balaban J connectivity index is 1.91. The van der Waals surface area contributed by atoms with Gasteiger partial charge in [0.1, 0.15) is 0 Å². The Morgan fingerprint density at radius 2 is 1.94 bits per heavy atom. The van der Waals surface area contributed by atoms with Gasteiger partial charge in [0, 0.05) is 45.8 Å². The summed E-state index contributed by atoms with van der Waals surface area (Å²) in [6, 6.07) is 1.06. The van der Waals surface area contributed by atoms with Gasteiger partial charge in [0.25, 0.3) is 0 Å². The van der Waals surface area contributed by atoms with Gasteiger partial charge in [0.15, 0.2) is 0 Å². The number of methoxy groups -OCH3 is 1. The van der Waals surface area contributed by atoms with Crippen LogP contribution in [0.5, 0.6) is 0 Å². The molecule has 1 amide bonds. The van der Waals surface area contributed by atoms with Crippen molar-refractivity contribution in [1.29, 1.82) is 0 Å². The molecule has 2 rings (SSSR count). The van der Waals surface area contributed by atoms with E-state index < -0.39 is 0 Å². The van der Waals surface area contributed by atoms with E-state index in [4.69, 9.17) is 4.74 Å². The summed E-state index contributed by atoms with van der Waals surface area (Å²) >= 11 is 0. The molecule has 0 unspecified atom stereocenters. The number of rotatable bonds is 5. The van der Waals surface area contributed by atoms with Crippen molar-refractivity contribution >= 4 is 5.91 Å². The summed E-state index contributed by atoms with van der Waals surface area (Å²) in [6.45, 7) is 5.81. The number of hydrogen-bond acceptors (Lipinski definition) is 3. The predicted octanol–water partition coefficient (Wildman–Crippen LogP) is 1.50. The lowest BCUT2D eigenvalue weighted by molar-refractivity contribution is -0.130. The summed E-state index contributed by atoms with van der Waals surface area (Å²) in [5, 5.41) is 0. The Kier molecular flexibility index (Phi) is 5.01. The molecule has 0 aromatic rings. The van der Waals surface area contributed by atoms with E-state index in [2.05, 4.69) is 9.80 Å². The second-order valence-electron chi connectivity index (χ2n) is 5.51. The van der Waals surface area contributed by atoms with Gasteiger partial charge < -0.3 is 9.64 Å². The minimum Gasteiger partial charge on any atom is -0.385 e. The molecule has 0 aromatic heterocycles. The van der Waals surface area contributed by atoms with Crippen LogP contribution in [0.2, 0.25) is 0 Å². The van der Waals surface area contributed by atoms with Crippen molar-refractivity contribution < 1.29 is 9.53 Å². The minimum atomic E-state index is 0.251. The number of carbonyl (C=O) groups excluding carboxylic acids is 1. The average molecular weight is 254 g/mol. The van der Waals surface area contributed by atoms with E-state index in [1.54, 1.807) is 14.0 Å². The fourth-order valence-electron chi connectivity index (χ4n) is 3.56. The van der Waals surface area contributed by atoms with Gasteiger partial charge in [0.2, 0.25) is 5.91 Å². The number of nitrogens with zero attached hydrogens (tertiary/aromatic N) is 2. The third-order valence-electron chi connectivity index (χ3n) is 4.36. The van der Waals surface area contributed by atoms with Gasteiger partial charge in [0.05, 0.1) is 0 Å². The van der Waals surface area contributed by atoms with Crippen LogP contribution in [0.15, 0.2) is 0 Å². The Labute approximate surface area is 110 Å². The SMILES string of the molecule is COCCCN1CCC[C@H]1[C@@H]1CCCN1C(C)=O. The molecule has 2 aliphatic heterocycles. The van der Waals surface area contributed by atoms with Crippen LogP contribution in [0.3, 0.4) is 0 Å². The summed E-state index contributed by atoms with van der Waals surface area (Å²) in [6.07, 6.45) is 5.98. The molecule has 2 aliphatic rings. The molecule has 0 aromatic carbocycles. The van der Waals surface area contributed by atoms with Gasteiger partial charge in [-0.25, -0.2) is 0 Å². The van der Waals surface area contributed by atoms with E-state index in [0.717, 1.165) is 26.1 Å². The molecule has 4 nitrogen and oxygen atoms in total. The second-order valence-corrected chi connectivity index (χ2v) is 5.51. The Hall–Kier alpha value is -0.610. The van der Waals surface area contributed by atoms with Crippen molar-refractivity contribution in [1.82, 2.24) is 9.80 Å². The molecule has 0 spiro atoms. The Bertz CT molecular complexity index is 283. The lowest BCUT2D eigenvalue weighted by atomic mass is 10.0. The summed E-state index contributed by atoms with van der Waals surface area (Å²) in [5.74, 6) is 0.251. The molecule has 0 saturated carbocycles. The first kappa shape index (κ1) is 13.8. The molecular weight excluding hydrogens is 228 g/mol. The molecule has 104 valence electrons. The standard InChI is InChI=1S/C14H26N2O2/c1-12(17)16-10-4-7-14(16)13-6-3-8-15(13)9-5-11-18-2/h13-14H,3-11H2,1-2H3/t13-,14-/m0/s1. The largest absolute Gasteiger partial charge is 0.385 e. The van der Waals surface area contributed by atoms with E-state index in [1.807, 2.05) is 0 Å². The van der Waals surface area contributed by atoms with E-state index in [9.17, 15) is 4.79 Å². The smallest absolute Gasteiger partial charge is 0.219 e. The lowest BCUT2D eigenvalue weighted by Gasteiger charge is -2.34. The monoisotopic (exact) mass is 254 g/mol. The fourth-order valence-corrected chi connectivity index (χ4v) is 3.56. The molecule has 2 heterocycles. The molecule has 2 fully saturated rings. The molecule has 2 atom stereocenters. The van der Waals surface area contributed by atoms with Crippen LogP contribution >= 0.6 is 0 Å². The van der Waals surface area contributed by atoms with Gasteiger partial charge in [-0.15, -0.1) is 0 Å². The first-order valence-corrected chi connectivity index (χ1v) is 7.24. The van der Waals surface area contributed by atoms with Crippen LogP contribution in [0.4, 0.5) is 0 Å². The highest BCUT2D eigenvalue weighted by Gasteiger charge is 2.38. The third-order valence-corrected chi connectivity index (χ3v) is 4.36. The topological polar surface area (TPSA) is 32.8 Å². The van der Waals surface area contributed by atoms with Crippen LogP contribution < -0.4 is 0 Å². The van der Waals surface area contributed by atoms with E-state index in [-0.39, 0.29) is 5.91 Å². The lowest BCUT2D eigenvalue weighted by Crippen LogP contribution is -2.48. The highest BCUT2D eigenvalue weighted by atomic mass is 16.5. The maximum Gasteiger partial charge on any atom is 0.219 e. The highest BCUT2D eigenvalue weighted by Crippen LogP contribution is 2.30. The second kappa shape index (κ2) is 6.53. The normalized spacial score (nSPS) is 29.1. The number of ether oxygens (including phenoxy) is 1. The maximum absolute atomic E-state index is 11.7. The molecule has 2 saturated heterocycles. The molecule has 0 N–H and O–H groups in total. The first-order chi connectivity index (χ1) is 8.74. The van der Waals surface area contributed by atoms with E-state index in [0.29, 0.717) is 12.1 Å². The number of hydrogen-bond donors (Lipinski definition) is 0. The molecule has 18 heavy (non-hydrogen) atoms. The molecular formula is C14H26N2O2. The number of amides is 1. The van der Waals surface area contributed by atoms with Crippen molar-refractivity contribution in [2.24, 2.45) is 0 Å². The van der Waals surface area contributed by atoms with Crippen molar-refractivity contribution in [3.05, 3.63) is 0 Å². The molecule has 4 heteroatoms. The minimum absolute atomic E-state index is 0.251. The van der Waals surface area contributed by atoms with Crippen LogP contribution in [0.25, 0.3) is 0 Å². The molecule has 0 aliphatic carbocycles. The van der Waals surface area contributed by atoms with Crippen molar-refractivity contribution in [2.75, 3.05) is 33.4 Å². The molecule has 0 radical (unpaired) electrons. The molecule has 0 bridgehead atoms. The van der Waals surface area contributed by atoms with Crippen LogP contribution in [-0.2, 0) is 9.53 Å². The summed E-state index contributed by atoms with van der Waals surface area (Å²) in [5.41, 5.74) is 0. The van der Waals surface area contributed by atoms with Crippen molar-refractivity contribution in [3.8, 4) is 0 Å². The van der Waals surface area contributed by atoms with E-state index >= 15 is 0 Å².